The molecule has 152 valence electrons. The standard InChI is InChI=1S/C24H17N3O3S/c28-31(29,20-12-5-2-6-13-20)30-17-23(19-10-3-1-4-11-19)27-25-22-16-15-18-9-7-8-14-21(18)24(22)26-27/h1-17H. The van der Waals surface area contributed by atoms with Crippen molar-refractivity contribution in [2.24, 2.45) is 0 Å². The summed E-state index contributed by atoms with van der Waals surface area (Å²) in [5.74, 6) is 0. The van der Waals surface area contributed by atoms with Gasteiger partial charge in [-0.15, -0.1) is 15.0 Å². The van der Waals surface area contributed by atoms with E-state index in [2.05, 4.69) is 10.2 Å². The molecule has 0 amide bonds. The van der Waals surface area contributed by atoms with Crippen LogP contribution in [0.2, 0.25) is 0 Å². The molecule has 0 bridgehead atoms. The van der Waals surface area contributed by atoms with Gasteiger partial charge in [0.1, 0.15) is 27.9 Å². The van der Waals surface area contributed by atoms with E-state index in [-0.39, 0.29) is 4.90 Å². The second kappa shape index (κ2) is 7.70. The molecule has 0 aliphatic rings. The zero-order valence-electron chi connectivity index (χ0n) is 16.3. The lowest BCUT2D eigenvalue weighted by Crippen LogP contribution is -2.07. The highest BCUT2D eigenvalue weighted by Crippen LogP contribution is 2.25. The van der Waals surface area contributed by atoms with Gasteiger partial charge in [0.05, 0.1) is 0 Å². The van der Waals surface area contributed by atoms with Crippen LogP contribution in [0.4, 0.5) is 0 Å². The van der Waals surface area contributed by atoms with Crippen molar-refractivity contribution in [1.82, 2.24) is 15.0 Å². The van der Waals surface area contributed by atoms with Crippen molar-refractivity contribution in [3.63, 3.8) is 0 Å². The van der Waals surface area contributed by atoms with E-state index in [1.54, 1.807) is 18.2 Å². The molecule has 5 aromatic rings. The molecule has 5 rings (SSSR count). The van der Waals surface area contributed by atoms with Crippen LogP contribution in [0, 0.1) is 0 Å². The van der Waals surface area contributed by atoms with Crippen LogP contribution in [-0.2, 0) is 14.3 Å². The smallest absolute Gasteiger partial charge is 0.338 e. The Morgan fingerprint density at radius 3 is 2.23 bits per heavy atom. The molecule has 0 saturated heterocycles. The van der Waals surface area contributed by atoms with Gasteiger partial charge in [-0.05, 0) is 23.6 Å². The maximum atomic E-state index is 12.6. The maximum absolute atomic E-state index is 12.6. The molecule has 0 N–H and O–H groups in total. The summed E-state index contributed by atoms with van der Waals surface area (Å²) in [6.07, 6.45) is 1.18. The van der Waals surface area contributed by atoms with Crippen molar-refractivity contribution in [1.29, 1.82) is 0 Å². The van der Waals surface area contributed by atoms with Gasteiger partial charge in [0, 0.05) is 10.9 Å². The van der Waals surface area contributed by atoms with Crippen molar-refractivity contribution < 1.29 is 12.6 Å². The van der Waals surface area contributed by atoms with Gasteiger partial charge in [0.15, 0.2) is 0 Å². The largest absolute Gasteiger partial charge is 0.385 e. The minimum Gasteiger partial charge on any atom is -0.385 e. The first-order valence-corrected chi connectivity index (χ1v) is 11.0. The summed E-state index contributed by atoms with van der Waals surface area (Å²) < 4.78 is 30.5. The highest BCUT2D eigenvalue weighted by Gasteiger charge is 2.17. The van der Waals surface area contributed by atoms with E-state index in [1.807, 2.05) is 66.7 Å². The average molecular weight is 427 g/mol. The van der Waals surface area contributed by atoms with Gasteiger partial charge in [-0.1, -0.05) is 78.9 Å². The van der Waals surface area contributed by atoms with Crippen LogP contribution in [0.1, 0.15) is 5.56 Å². The molecule has 6 nitrogen and oxygen atoms in total. The zero-order valence-corrected chi connectivity index (χ0v) is 17.1. The summed E-state index contributed by atoms with van der Waals surface area (Å²) in [4.78, 5) is 1.48. The van der Waals surface area contributed by atoms with Crippen LogP contribution in [0.5, 0.6) is 0 Å². The summed E-state index contributed by atoms with van der Waals surface area (Å²) in [6, 6.07) is 29.1. The first-order valence-electron chi connectivity index (χ1n) is 9.61. The van der Waals surface area contributed by atoms with Gasteiger partial charge < -0.3 is 4.18 Å². The molecule has 1 heterocycles. The fraction of sp³-hybridized carbons (Fsp3) is 0. The van der Waals surface area contributed by atoms with Gasteiger partial charge >= 0.3 is 10.1 Å². The minimum absolute atomic E-state index is 0.0724. The van der Waals surface area contributed by atoms with E-state index in [0.717, 1.165) is 21.9 Å². The quantitative estimate of drug-likeness (QED) is 0.296. The third-order valence-corrected chi connectivity index (χ3v) is 6.08. The number of hydrogen-bond donors (Lipinski definition) is 0. The summed E-state index contributed by atoms with van der Waals surface area (Å²) >= 11 is 0. The summed E-state index contributed by atoms with van der Waals surface area (Å²) in [5, 5.41) is 11.2. The Morgan fingerprint density at radius 2 is 1.45 bits per heavy atom. The summed E-state index contributed by atoms with van der Waals surface area (Å²) in [5.41, 5.74) is 2.55. The second-order valence-electron chi connectivity index (χ2n) is 6.88. The highest BCUT2D eigenvalue weighted by molar-refractivity contribution is 7.86. The Kier molecular flexibility index (Phi) is 4.72. The van der Waals surface area contributed by atoms with E-state index in [9.17, 15) is 8.42 Å². The van der Waals surface area contributed by atoms with Crippen LogP contribution in [0.25, 0.3) is 27.5 Å². The van der Waals surface area contributed by atoms with Gasteiger partial charge in [-0.25, -0.2) is 0 Å². The first kappa shape index (κ1) is 19.0. The average Bonchev–Trinajstić information content (AvgIpc) is 3.25. The molecule has 4 aromatic carbocycles. The van der Waals surface area contributed by atoms with Crippen molar-refractivity contribution in [2.45, 2.75) is 4.90 Å². The van der Waals surface area contributed by atoms with Crippen LogP contribution < -0.4 is 0 Å². The van der Waals surface area contributed by atoms with Crippen LogP contribution >= 0.6 is 0 Å². The molecule has 0 radical (unpaired) electrons. The van der Waals surface area contributed by atoms with Gasteiger partial charge in [-0.3, -0.25) is 0 Å². The highest BCUT2D eigenvalue weighted by atomic mass is 32.2. The first-order chi connectivity index (χ1) is 15.1. The lowest BCUT2D eigenvalue weighted by Gasteiger charge is -2.08. The molecular formula is C24H17N3O3S. The van der Waals surface area contributed by atoms with E-state index in [0.29, 0.717) is 11.2 Å². The van der Waals surface area contributed by atoms with E-state index < -0.39 is 10.1 Å². The van der Waals surface area contributed by atoms with Crippen molar-refractivity contribution >= 4 is 37.6 Å². The van der Waals surface area contributed by atoms with E-state index in [1.165, 1.54) is 23.2 Å². The Morgan fingerprint density at radius 1 is 0.774 bits per heavy atom. The predicted molar refractivity (Wildman–Crippen MR) is 120 cm³/mol. The second-order valence-corrected chi connectivity index (χ2v) is 8.45. The molecule has 1 aromatic heterocycles. The van der Waals surface area contributed by atoms with Crippen molar-refractivity contribution in [3.05, 3.63) is 109 Å². The number of aromatic nitrogens is 3. The maximum Gasteiger partial charge on any atom is 0.338 e. The molecular weight excluding hydrogens is 410 g/mol. The Bertz CT molecular complexity index is 1510. The number of hydrogen-bond acceptors (Lipinski definition) is 5. The topological polar surface area (TPSA) is 74.1 Å². The van der Waals surface area contributed by atoms with Crippen molar-refractivity contribution in [3.8, 4) is 0 Å². The van der Waals surface area contributed by atoms with E-state index in [4.69, 9.17) is 4.18 Å². The SMILES string of the molecule is O=S(=O)(OC=C(c1ccccc1)n1nc2ccc3ccccc3c2n1)c1ccccc1. The molecule has 0 saturated carbocycles. The molecule has 0 spiro atoms. The molecule has 7 heteroatoms. The van der Waals surface area contributed by atoms with Crippen LogP contribution in [0.3, 0.4) is 0 Å². The summed E-state index contributed by atoms with van der Waals surface area (Å²) in [7, 11) is -3.98. The normalized spacial score (nSPS) is 12.3. The third-order valence-electron chi connectivity index (χ3n) is 4.88. The lowest BCUT2D eigenvalue weighted by molar-refractivity contribution is 0.442. The van der Waals surface area contributed by atoms with Crippen molar-refractivity contribution in [2.75, 3.05) is 0 Å². The number of benzene rings is 4. The Balaban J connectivity index is 1.64. The molecule has 0 unspecified atom stereocenters. The van der Waals surface area contributed by atoms with Gasteiger partial charge in [0.2, 0.25) is 0 Å². The Hall–Kier alpha value is -3.97. The third kappa shape index (κ3) is 3.67. The van der Waals surface area contributed by atoms with Gasteiger partial charge in [0.25, 0.3) is 0 Å². The molecule has 0 aliphatic carbocycles. The van der Waals surface area contributed by atoms with Crippen LogP contribution in [-0.4, -0.2) is 23.4 Å². The zero-order chi connectivity index (χ0) is 21.3. The summed E-state index contributed by atoms with van der Waals surface area (Å²) in [6.45, 7) is 0. The minimum atomic E-state index is -3.98. The monoisotopic (exact) mass is 427 g/mol. The molecule has 31 heavy (non-hydrogen) atoms. The molecule has 0 aliphatic heterocycles. The number of nitrogens with zero attached hydrogens (tertiary/aromatic N) is 3. The molecule has 0 fully saturated rings. The number of rotatable bonds is 5. The fourth-order valence-electron chi connectivity index (χ4n) is 3.35. The fourth-order valence-corrected chi connectivity index (χ4v) is 4.17. The molecule has 0 atom stereocenters. The van der Waals surface area contributed by atoms with Crippen LogP contribution in [0.15, 0.2) is 108 Å². The number of fused-ring (bicyclic) bond motifs is 3. The van der Waals surface area contributed by atoms with Gasteiger partial charge in [-0.2, -0.15) is 8.42 Å². The van der Waals surface area contributed by atoms with E-state index >= 15 is 0 Å². The lowest BCUT2D eigenvalue weighted by atomic mass is 10.1. The predicted octanol–water partition coefficient (Wildman–Crippen LogP) is 4.84. The Labute approximate surface area is 179 Å².